The zero-order valence-electron chi connectivity index (χ0n) is 14.5. The number of nitrogens with zero attached hydrogens (tertiary/aromatic N) is 1. The van der Waals surface area contributed by atoms with Gasteiger partial charge in [-0.1, -0.05) is 31.5 Å². The van der Waals surface area contributed by atoms with Crippen LogP contribution in [0, 0.1) is 11.7 Å². The minimum Gasteiger partial charge on any atom is -0.380 e. The summed E-state index contributed by atoms with van der Waals surface area (Å²) in [6.45, 7) is 6.95. The van der Waals surface area contributed by atoms with Crippen LogP contribution in [0.3, 0.4) is 0 Å². The molecule has 0 radical (unpaired) electrons. The van der Waals surface area contributed by atoms with Crippen LogP contribution in [0.1, 0.15) is 45.2 Å². The molecule has 1 amide bonds. The summed E-state index contributed by atoms with van der Waals surface area (Å²) in [6, 6.07) is 4.28. The average Bonchev–Trinajstić information content (AvgIpc) is 3.03. The van der Waals surface area contributed by atoms with Crippen LogP contribution >= 0.6 is 11.6 Å². The minimum absolute atomic E-state index is 0.211. The van der Waals surface area contributed by atoms with Crippen molar-refractivity contribution < 1.29 is 14.3 Å². The molecule has 0 aromatic heterocycles. The van der Waals surface area contributed by atoms with Gasteiger partial charge >= 0.3 is 0 Å². The topological polar surface area (TPSA) is 52.6 Å². The van der Waals surface area contributed by atoms with Crippen LogP contribution < -0.4 is 5.32 Å². The van der Waals surface area contributed by atoms with Gasteiger partial charge in [-0.3, -0.25) is 9.69 Å². The van der Waals surface area contributed by atoms with Crippen molar-refractivity contribution in [2.24, 2.45) is 5.92 Å². The minimum atomic E-state index is -1.46. The quantitative estimate of drug-likeness (QED) is 0.823. The molecule has 1 aromatic rings. The van der Waals surface area contributed by atoms with E-state index < -0.39 is 11.5 Å². The molecule has 2 rings (SSSR count). The largest absolute Gasteiger partial charge is 0.380 e. The summed E-state index contributed by atoms with van der Waals surface area (Å²) < 4.78 is 14.4. The monoisotopic (exact) mass is 356 g/mol. The standard InChI is InChI=1S/C18H26ClFN2O2/c1-12(2)18(3,24)17(23)21-11-15(22-9-4-5-10-22)16-13(19)7-6-8-14(16)20/h6-8,12,15,24H,4-5,9-11H2,1-3H3,(H,21,23)/t15-,18-/m1/s1. The predicted octanol–water partition coefficient (Wildman–Crippen LogP) is 3.14. The average molecular weight is 357 g/mol. The van der Waals surface area contributed by atoms with Crippen molar-refractivity contribution in [1.29, 1.82) is 0 Å². The van der Waals surface area contributed by atoms with Gasteiger partial charge in [-0.15, -0.1) is 0 Å². The fourth-order valence-corrected chi connectivity index (χ4v) is 3.22. The first-order valence-electron chi connectivity index (χ1n) is 8.43. The third-order valence-electron chi connectivity index (χ3n) is 4.95. The molecule has 4 nitrogen and oxygen atoms in total. The Morgan fingerprint density at radius 1 is 1.42 bits per heavy atom. The lowest BCUT2D eigenvalue weighted by Crippen LogP contribution is -2.50. The number of halogens is 2. The molecule has 24 heavy (non-hydrogen) atoms. The van der Waals surface area contributed by atoms with Crippen molar-refractivity contribution in [2.75, 3.05) is 19.6 Å². The Hall–Kier alpha value is -1.17. The zero-order chi connectivity index (χ0) is 17.9. The van der Waals surface area contributed by atoms with Gasteiger partial charge in [0.05, 0.1) is 6.04 Å². The van der Waals surface area contributed by atoms with Crippen molar-refractivity contribution in [2.45, 2.75) is 45.3 Å². The molecule has 1 aromatic carbocycles. The highest BCUT2D eigenvalue weighted by Crippen LogP contribution is 2.32. The highest BCUT2D eigenvalue weighted by atomic mass is 35.5. The van der Waals surface area contributed by atoms with Gasteiger partial charge in [0, 0.05) is 17.1 Å². The van der Waals surface area contributed by atoms with E-state index in [1.165, 1.54) is 13.0 Å². The van der Waals surface area contributed by atoms with E-state index in [2.05, 4.69) is 10.2 Å². The first kappa shape index (κ1) is 19.2. The van der Waals surface area contributed by atoms with Crippen LogP contribution in [0.15, 0.2) is 18.2 Å². The number of hydrogen-bond donors (Lipinski definition) is 2. The molecule has 0 spiro atoms. The van der Waals surface area contributed by atoms with E-state index in [4.69, 9.17) is 11.6 Å². The maximum Gasteiger partial charge on any atom is 0.252 e. The summed E-state index contributed by atoms with van der Waals surface area (Å²) >= 11 is 6.23. The fraction of sp³-hybridized carbons (Fsp3) is 0.611. The second kappa shape index (κ2) is 7.81. The highest BCUT2D eigenvalue weighted by Gasteiger charge is 2.35. The molecule has 0 saturated carbocycles. The second-order valence-corrected chi connectivity index (χ2v) is 7.31. The van der Waals surface area contributed by atoms with Crippen molar-refractivity contribution in [3.05, 3.63) is 34.6 Å². The van der Waals surface area contributed by atoms with Crippen molar-refractivity contribution >= 4 is 17.5 Å². The summed E-state index contributed by atoms with van der Waals surface area (Å²) in [7, 11) is 0. The van der Waals surface area contributed by atoms with E-state index in [9.17, 15) is 14.3 Å². The maximum absolute atomic E-state index is 14.4. The van der Waals surface area contributed by atoms with Crippen LogP contribution in [-0.2, 0) is 4.79 Å². The van der Waals surface area contributed by atoms with Gasteiger partial charge in [-0.25, -0.2) is 4.39 Å². The third kappa shape index (κ3) is 4.08. The van der Waals surface area contributed by atoms with Crippen LogP contribution in [0.25, 0.3) is 0 Å². The van der Waals surface area contributed by atoms with Crippen molar-refractivity contribution in [1.82, 2.24) is 10.2 Å². The molecule has 1 fully saturated rings. The molecular weight excluding hydrogens is 331 g/mol. The van der Waals surface area contributed by atoms with E-state index >= 15 is 0 Å². The van der Waals surface area contributed by atoms with Crippen LogP contribution in [-0.4, -0.2) is 41.1 Å². The van der Waals surface area contributed by atoms with Crippen molar-refractivity contribution in [3.63, 3.8) is 0 Å². The van der Waals surface area contributed by atoms with E-state index in [0.29, 0.717) is 10.6 Å². The summed E-state index contributed by atoms with van der Waals surface area (Å²) in [4.78, 5) is 14.5. The molecule has 1 aliphatic heterocycles. The second-order valence-electron chi connectivity index (χ2n) is 6.91. The van der Waals surface area contributed by atoms with E-state index in [-0.39, 0.29) is 24.3 Å². The fourth-order valence-electron chi connectivity index (χ4n) is 2.93. The number of likely N-dealkylation sites (tertiary alicyclic amines) is 1. The molecule has 0 bridgehead atoms. The van der Waals surface area contributed by atoms with Gasteiger partial charge in [0.15, 0.2) is 0 Å². The molecule has 6 heteroatoms. The number of amides is 1. The van der Waals surface area contributed by atoms with Gasteiger partial charge in [0.1, 0.15) is 11.4 Å². The lowest BCUT2D eigenvalue weighted by Gasteiger charge is -2.31. The SMILES string of the molecule is CC(C)[C@@](C)(O)C(=O)NC[C@H](c1c(F)cccc1Cl)N1CCCC1. The number of nitrogens with one attached hydrogen (secondary N) is 1. The van der Waals surface area contributed by atoms with E-state index in [1.54, 1.807) is 26.0 Å². The van der Waals surface area contributed by atoms with Crippen molar-refractivity contribution in [3.8, 4) is 0 Å². The molecule has 134 valence electrons. The molecule has 2 N–H and O–H groups in total. The molecule has 0 aliphatic carbocycles. The van der Waals surface area contributed by atoms with E-state index in [0.717, 1.165) is 25.9 Å². The number of carbonyl (C=O) groups excluding carboxylic acids is 1. The van der Waals surface area contributed by atoms with Crippen LogP contribution in [0.5, 0.6) is 0 Å². The predicted molar refractivity (Wildman–Crippen MR) is 93.4 cm³/mol. The molecule has 1 aliphatic rings. The van der Waals surface area contributed by atoms with Gasteiger partial charge < -0.3 is 10.4 Å². The molecule has 0 unspecified atom stereocenters. The first-order chi connectivity index (χ1) is 11.2. The normalized spacial score (nSPS) is 19.3. The number of hydrogen-bond acceptors (Lipinski definition) is 3. The van der Waals surface area contributed by atoms with Gasteiger partial charge in [0.2, 0.25) is 0 Å². The molecule has 2 atom stereocenters. The molecule has 1 saturated heterocycles. The lowest BCUT2D eigenvalue weighted by molar-refractivity contribution is -0.142. The number of carbonyl (C=O) groups is 1. The summed E-state index contributed by atoms with van der Waals surface area (Å²) in [5.74, 6) is -1.04. The van der Waals surface area contributed by atoms with Crippen LogP contribution in [0.2, 0.25) is 5.02 Å². The summed E-state index contributed by atoms with van der Waals surface area (Å²) in [5.41, 5.74) is -1.06. The van der Waals surface area contributed by atoms with Gasteiger partial charge in [-0.05, 0) is 50.9 Å². The summed E-state index contributed by atoms with van der Waals surface area (Å²) in [6.07, 6.45) is 2.08. The van der Waals surface area contributed by atoms with E-state index in [1.807, 2.05) is 0 Å². The molecular formula is C18H26ClFN2O2. The maximum atomic E-state index is 14.4. The Labute approximate surface area is 148 Å². The Kier molecular flexibility index (Phi) is 6.23. The third-order valence-corrected chi connectivity index (χ3v) is 5.28. The smallest absolute Gasteiger partial charge is 0.252 e. The van der Waals surface area contributed by atoms with Crippen LogP contribution in [0.4, 0.5) is 4.39 Å². The number of aliphatic hydroxyl groups is 1. The highest BCUT2D eigenvalue weighted by molar-refractivity contribution is 6.31. The first-order valence-corrected chi connectivity index (χ1v) is 8.81. The van der Waals surface area contributed by atoms with Gasteiger partial charge in [-0.2, -0.15) is 0 Å². The van der Waals surface area contributed by atoms with Gasteiger partial charge in [0.25, 0.3) is 5.91 Å². The Morgan fingerprint density at radius 2 is 2.04 bits per heavy atom. The lowest BCUT2D eigenvalue weighted by atomic mass is 9.91. The Balaban J connectivity index is 2.21. The number of rotatable bonds is 6. The number of benzene rings is 1. The zero-order valence-corrected chi connectivity index (χ0v) is 15.2. The summed E-state index contributed by atoms with van der Waals surface area (Å²) in [5, 5.41) is 13.4. The Bertz CT molecular complexity index is 566. The molecule has 1 heterocycles. The Morgan fingerprint density at radius 3 is 2.58 bits per heavy atom.